The predicted molar refractivity (Wildman–Crippen MR) is 121 cm³/mol. The molecule has 1 fully saturated rings. The summed E-state index contributed by atoms with van der Waals surface area (Å²) in [7, 11) is 0. The number of fused-ring (bicyclic) bond motifs is 1. The molecule has 1 saturated heterocycles. The molecule has 4 rings (SSSR count). The molecule has 3 aromatic rings. The molecule has 0 spiro atoms. The normalized spacial score (nSPS) is 14.3. The number of hydrogen-bond donors (Lipinski definition) is 0. The van der Waals surface area contributed by atoms with Crippen molar-refractivity contribution in [1.82, 2.24) is 14.7 Å². The van der Waals surface area contributed by atoms with Gasteiger partial charge in [0.05, 0.1) is 11.4 Å². The highest BCUT2D eigenvalue weighted by atomic mass is 16.2. The van der Waals surface area contributed by atoms with Gasteiger partial charge in [0.25, 0.3) is 11.5 Å². The van der Waals surface area contributed by atoms with Crippen molar-refractivity contribution in [2.75, 3.05) is 31.1 Å². The van der Waals surface area contributed by atoms with Gasteiger partial charge < -0.3 is 9.80 Å². The summed E-state index contributed by atoms with van der Waals surface area (Å²) in [6.45, 7) is 7.81. The van der Waals surface area contributed by atoms with Crippen molar-refractivity contribution in [3.8, 4) is 0 Å². The maximum Gasteiger partial charge on any atom is 0.275 e. The molecule has 1 aliphatic heterocycles. The van der Waals surface area contributed by atoms with E-state index in [-0.39, 0.29) is 23.3 Å². The molecule has 0 N–H and O–H groups in total. The summed E-state index contributed by atoms with van der Waals surface area (Å²) < 4.78 is 1.39. The third-order valence-electron chi connectivity index (χ3n) is 5.73. The Morgan fingerprint density at radius 2 is 1.52 bits per heavy atom. The summed E-state index contributed by atoms with van der Waals surface area (Å²) in [6.07, 6.45) is 0. The molecule has 0 radical (unpaired) electrons. The van der Waals surface area contributed by atoms with Crippen LogP contribution in [0.1, 0.15) is 47.7 Å². The van der Waals surface area contributed by atoms with Gasteiger partial charge in [0, 0.05) is 42.8 Å². The summed E-state index contributed by atoms with van der Waals surface area (Å²) in [4.78, 5) is 41.6. The molecule has 0 bridgehead atoms. The van der Waals surface area contributed by atoms with Gasteiger partial charge in [0.1, 0.15) is 0 Å². The average molecular weight is 418 g/mol. The third-order valence-corrected chi connectivity index (χ3v) is 5.73. The standard InChI is InChI=1S/C24H26N4O3/c1-16(2)28-23(30)21-7-5-4-6-20(21)22(25-28)24(31)27-14-12-26(13-15-27)19-10-8-18(9-11-19)17(3)29/h4-11,16H,12-15H2,1-3H3. The monoisotopic (exact) mass is 418 g/mol. The van der Waals surface area contributed by atoms with Gasteiger partial charge in [-0.05, 0) is 51.1 Å². The minimum absolute atomic E-state index is 0.0458. The highest BCUT2D eigenvalue weighted by molar-refractivity contribution is 6.04. The molecule has 0 saturated carbocycles. The number of benzene rings is 2. The summed E-state index contributed by atoms with van der Waals surface area (Å²) in [5, 5.41) is 5.55. The van der Waals surface area contributed by atoms with Crippen molar-refractivity contribution in [3.63, 3.8) is 0 Å². The van der Waals surface area contributed by atoms with Crippen molar-refractivity contribution in [2.45, 2.75) is 26.8 Å². The molecule has 1 amide bonds. The zero-order valence-corrected chi connectivity index (χ0v) is 18.0. The molecular formula is C24H26N4O3. The van der Waals surface area contributed by atoms with Crippen molar-refractivity contribution in [3.05, 3.63) is 70.1 Å². The van der Waals surface area contributed by atoms with E-state index in [9.17, 15) is 14.4 Å². The Bertz CT molecular complexity index is 1190. The van der Waals surface area contributed by atoms with E-state index in [1.165, 1.54) is 4.68 Å². The maximum atomic E-state index is 13.4. The van der Waals surface area contributed by atoms with E-state index in [1.807, 2.05) is 44.2 Å². The molecule has 7 heteroatoms. The minimum Gasteiger partial charge on any atom is -0.368 e. The van der Waals surface area contributed by atoms with Gasteiger partial charge in [0.2, 0.25) is 0 Å². The lowest BCUT2D eigenvalue weighted by Gasteiger charge is -2.36. The van der Waals surface area contributed by atoms with E-state index < -0.39 is 0 Å². The molecule has 2 aromatic carbocycles. The fourth-order valence-electron chi connectivity index (χ4n) is 3.94. The second-order valence-electron chi connectivity index (χ2n) is 8.12. The Balaban J connectivity index is 1.56. The van der Waals surface area contributed by atoms with Crippen LogP contribution >= 0.6 is 0 Å². The van der Waals surface area contributed by atoms with Gasteiger partial charge in [-0.15, -0.1) is 0 Å². The highest BCUT2D eigenvalue weighted by Gasteiger charge is 2.26. The van der Waals surface area contributed by atoms with Crippen LogP contribution in [0, 0.1) is 0 Å². The summed E-state index contributed by atoms with van der Waals surface area (Å²) in [6, 6.07) is 14.6. The zero-order chi connectivity index (χ0) is 22.1. The Morgan fingerprint density at radius 3 is 2.10 bits per heavy atom. The molecule has 7 nitrogen and oxygen atoms in total. The topological polar surface area (TPSA) is 75.5 Å². The molecule has 0 atom stereocenters. The fourth-order valence-corrected chi connectivity index (χ4v) is 3.94. The number of amides is 1. The van der Waals surface area contributed by atoms with Gasteiger partial charge in [-0.1, -0.05) is 18.2 Å². The zero-order valence-electron chi connectivity index (χ0n) is 18.0. The van der Waals surface area contributed by atoms with Crippen LogP contribution in [-0.4, -0.2) is 52.5 Å². The average Bonchev–Trinajstić information content (AvgIpc) is 2.79. The van der Waals surface area contributed by atoms with Crippen LogP contribution in [0.2, 0.25) is 0 Å². The molecule has 0 unspecified atom stereocenters. The minimum atomic E-state index is -0.180. The summed E-state index contributed by atoms with van der Waals surface area (Å²) >= 11 is 0. The number of hydrogen-bond acceptors (Lipinski definition) is 5. The highest BCUT2D eigenvalue weighted by Crippen LogP contribution is 2.20. The lowest BCUT2D eigenvalue weighted by atomic mass is 10.1. The Labute approximate surface area is 180 Å². The van der Waals surface area contributed by atoms with Gasteiger partial charge in [-0.25, -0.2) is 4.68 Å². The van der Waals surface area contributed by atoms with Crippen LogP contribution in [0.4, 0.5) is 5.69 Å². The van der Waals surface area contributed by atoms with Crippen LogP contribution in [0.25, 0.3) is 10.8 Å². The van der Waals surface area contributed by atoms with Crippen molar-refractivity contribution in [1.29, 1.82) is 0 Å². The fraction of sp³-hybridized carbons (Fsp3) is 0.333. The molecular weight excluding hydrogens is 392 g/mol. The Morgan fingerprint density at radius 1 is 0.903 bits per heavy atom. The number of rotatable bonds is 4. The van der Waals surface area contributed by atoms with Crippen LogP contribution in [0.3, 0.4) is 0 Å². The van der Waals surface area contributed by atoms with Crippen LogP contribution in [-0.2, 0) is 0 Å². The maximum absolute atomic E-state index is 13.4. The first kappa shape index (κ1) is 20.8. The number of aromatic nitrogens is 2. The van der Waals surface area contributed by atoms with E-state index in [0.29, 0.717) is 48.2 Å². The number of nitrogens with zero attached hydrogens (tertiary/aromatic N) is 4. The molecule has 31 heavy (non-hydrogen) atoms. The van der Waals surface area contributed by atoms with E-state index in [4.69, 9.17) is 0 Å². The van der Waals surface area contributed by atoms with E-state index in [2.05, 4.69) is 10.00 Å². The van der Waals surface area contributed by atoms with E-state index in [0.717, 1.165) is 5.69 Å². The second-order valence-corrected chi connectivity index (χ2v) is 8.12. The molecule has 160 valence electrons. The lowest BCUT2D eigenvalue weighted by Crippen LogP contribution is -2.49. The number of ketones is 1. The van der Waals surface area contributed by atoms with Gasteiger partial charge >= 0.3 is 0 Å². The molecule has 2 heterocycles. The third kappa shape index (κ3) is 3.95. The van der Waals surface area contributed by atoms with Crippen LogP contribution in [0.5, 0.6) is 0 Å². The first-order valence-electron chi connectivity index (χ1n) is 10.5. The lowest BCUT2D eigenvalue weighted by molar-refractivity contribution is 0.0739. The summed E-state index contributed by atoms with van der Waals surface area (Å²) in [5.41, 5.74) is 1.87. The van der Waals surface area contributed by atoms with Crippen molar-refractivity contribution < 1.29 is 9.59 Å². The first-order valence-corrected chi connectivity index (χ1v) is 10.5. The number of Topliss-reactive ketones (excluding diaryl/α,β-unsaturated/α-hetero) is 1. The van der Waals surface area contributed by atoms with E-state index in [1.54, 1.807) is 30.0 Å². The first-order chi connectivity index (χ1) is 14.9. The second kappa shape index (κ2) is 8.34. The smallest absolute Gasteiger partial charge is 0.275 e. The molecule has 1 aliphatic rings. The van der Waals surface area contributed by atoms with Crippen LogP contribution < -0.4 is 10.5 Å². The Hall–Kier alpha value is -3.48. The number of anilines is 1. The van der Waals surface area contributed by atoms with Gasteiger partial charge in [-0.2, -0.15) is 5.10 Å². The molecule has 0 aliphatic carbocycles. The van der Waals surface area contributed by atoms with Crippen molar-refractivity contribution in [2.24, 2.45) is 0 Å². The quantitative estimate of drug-likeness (QED) is 0.609. The Kier molecular flexibility index (Phi) is 5.59. The number of carbonyl (C=O) groups excluding carboxylic acids is 2. The van der Waals surface area contributed by atoms with Crippen LogP contribution in [0.15, 0.2) is 53.3 Å². The van der Waals surface area contributed by atoms with Gasteiger partial charge in [-0.3, -0.25) is 14.4 Å². The number of carbonyl (C=O) groups is 2. The van der Waals surface area contributed by atoms with Crippen molar-refractivity contribution >= 4 is 28.2 Å². The number of piperazine rings is 1. The molecule has 1 aromatic heterocycles. The van der Waals surface area contributed by atoms with Gasteiger partial charge in [0.15, 0.2) is 11.5 Å². The van der Waals surface area contributed by atoms with E-state index >= 15 is 0 Å². The predicted octanol–water partition coefficient (Wildman–Crippen LogP) is 3.14. The largest absolute Gasteiger partial charge is 0.368 e. The summed E-state index contributed by atoms with van der Waals surface area (Å²) in [5.74, 6) is -0.110. The SMILES string of the molecule is CC(=O)c1ccc(N2CCN(C(=O)c3nn(C(C)C)c(=O)c4ccccc34)CC2)cc1.